The van der Waals surface area contributed by atoms with Crippen molar-refractivity contribution in [1.82, 2.24) is 20.2 Å². The number of carbonyl (C=O) groups excluding carboxylic acids is 2. The van der Waals surface area contributed by atoms with E-state index >= 15 is 0 Å². The van der Waals surface area contributed by atoms with Crippen molar-refractivity contribution in [3.05, 3.63) is 63.8 Å². The number of pyridine rings is 2. The van der Waals surface area contributed by atoms with E-state index in [1.165, 1.54) is 12.6 Å². The summed E-state index contributed by atoms with van der Waals surface area (Å²) in [4.78, 5) is 42.6. The normalized spacial score (nSPS) is 14.5. The number of rotatable bonds is 7. The van der Waals surface area contributed by atoms with Gasteiger partial charge >= 0.3 is 0 Å². The van der Waals surface area contributed by atoms with Gasteiger partial charge in [0.15, 0.2) is 0 Å². The highest BCUT2D eigenvalue weighted by molar-refractivity contribution is 5.99. The second-order valence-electron chi connectivity index (χ2n) is 8.36. The summed E-state index contributed by atoms with van der Waals surface area (Å²) in [5.41, 5.74) is 0.303. The fraction of sp³-hybridized carbons (Fsp3) is 0.478. The third-order valence-corrected chi connectivity index (χ3v) is 5.26. The number of hydrogen-bond acceptors (Lipinski definition) is 4. The highest BCUT2D eigenvalue weighted by Gasteiger charge is 2.22. The summed E-state index contributed by atoms with van der Waals surface area (Å²) in [6.07, 6.45) is 11.6. The van der Waals surface area contributed by atoms with Crippen LogP contribution in [0.15, 0.2) is 41.7 Å². The standard InChI is InChI=1S/C23H30N4O3/c1-16(2)13-27-14-19(22(29)25-12-17-7-6-10-24-11-17)21(28)20(15-27)23(30)26-18-8-4-3-5-9-18/h6-7,10-11,14-16,18H,3-5,8-9,12-13H2,1-2H3,(H,25,29)(H,26,30). The Kier molecular flexibility index (Phi) is 7.38. The van der Waals surface area contributed by atoms with Gasteiger partial charge in [-0.05, 0) is 30.4 Å². The van der Waals surface area contributed by atoms with Crippen LogP contribution in [-0.4, -0.2) is 27.4 Å². The molecule has 0 spiro atoms. The number of nitrogens with one attached hydrogen (secondary N) is 2. The van der Waals surface area contributed by atoms with Crippen LogP contribution in [0.5, 0.6) is 0 Å². The molecule has 1 saturated carbocycles. The van der Waals surface area contributed by atoms with Crippen LogP contribution in [0.25, 0.3) is 0 Å². The number of nitrogens with zero attached hydrogens (tertiary/aromatic N) is 2. The van der Waals surface area contributed by atoms with Crippen LogP contribution in [0.2, 0.25) is 0 Å². The molecule has 7 nitrogen and oxygen atoms in total. The van der Waals surface area contributed by atoms with Gasteiger partial charge in [0.25, 0.3) is 11.8 Å². The number of amides is 2. The SMILES string of the molecule is CC(C)Cn1cc(C(=O)NCc2cccnc2)c(=O)c(C(=O)NC2CCCCC2)c1. The quantitative estimate of drug-likeness (QED) is 0.734. The van der Waals surface area contributed by atoms with Crippen LogP contribution in [-0.2, 0) is 13.1 Å². The van der Waals surface area contributed by atoms with E-state index in [1.54, 1.807) is 29.2 Å². The summed E-state index contributed by atoms with van der Waals surface area (Å²) in [6, 6.07) is 3.72. The van der Waals surface area contributed by atoms with Gasteiger partial charge in [-0.2, -0.15) is 0 Å². The maximum absolute atomic E-state index is 13.0. The first-order valence-electron chi connectivity index (χ1n) is 10.7. The van der Waals surface area contributed by atoms with Gasteiger partial charge in [0, 0.05) is 43.9 Å². The van der Waals surface area contributed by atoms with Crippen molar-refractivity contribution in [1.29, 1.82) is 0 Å². The summed E-state index contributed by atoms with van der Waals surface area (Å²) >= 11 is 0. The molecule has 2 heterocycles. The number of hydrogen-bond donors (Lipinski definition) is 2. The van der Waals surface area contributed by atoms with Crippen molar-refractivity contribution < 1.29 is 9.59 Å². The van der Waals surface area contributed by atoms with Gasteiger partial charge in [0.1, 0.15) is 11.1 Å². The molecule has 0 saturated heterocycles. The van der Waals surface area contributed by atoms with Gasteiger partial charge in [-0.15, -0.1) is 0 Å². The third-order valence-electron chi connectivity index (χ3n) is 5.26. The van der Waals surface area contributed by atoms with Gasteiger partial charge in [-0.25, -0.2) is 0 Å². The highest BCUT2D eigenvalue weighted by atomic mass is 16.2. The van der Waals surface area contributed by atoms with Crippen molar-refractivity contribution in [2.45, 2.75) is 65.1 Å². The number of aromatic nitrogens is 2. The lowest BCUT2D eigenvalue weighted by atomic mass is 9.95. The lowest BCUT2D eigenvalue weighted by Gasteiger charge is -2.23. The molecule has 0 radical (unpaired) electrons. The molecule has 0 atom stereocenters. The fourth-order valence-corrected chi connectivity index (χ4v) is 3.77. The van der Waals surface area contributed by atoms with Crippen LogP contribution in [0.4, 0.5) is 0 Å². The zero-order chi connectivity index (χ0) is 21.5. The van der Waals surface area contributed by atoms with E-state index < -0.39 is 17.2 Å². The molecule has 0 aliphatic heterocycles. The lowest BCUT2D eigenvalue weighted by Crippen LogP contribution is -2.40. The van der Waals surface area contributed by atoms with E-state index in [9.17, 15) is 14.4 Å². The van der Waals surface area contributed by atoms with E-state index in [4.69, 9.17) is 0 Å². The van der Waals surface area contributed by atoms with E-state index in [0.29, 0.717) is 12.5 Å². The molecule has 0 aromatic carbocycles. The zero-order valence-electron chi connectivity index (χ0n) is 17.7. The van der Waals surface area contributed by atoms with Crippen LogP contribution in [0.1, 0.15) is 72.2 Å². The minimum Gasteiger partial charge on any atom is -0.352 e. The smallest absolute Gasteiger partial charge is 0.257 e. The molecule has 7 heteroatoms. The molecular weight excluding hydrogens is 380 g/mol. The van der Waals surface area contributed by atoms with Crippen LogP contribution in [0.3, 0.4) is 0 Å². The summed E-state index contributed by atoms with van der Waals surface area (Å²) in [5.74, 6) is -0.590. The van der Waals surface area contributed by atoms with E-state index in [1.807, 2.05) is 19.9 Å². The van der Waals surface area contributed by atoms with Crippen molar-refractivity contribution in [2.75, 3.05) is 0 Å². The number of carbonyl (C=O) groups is 2. The Morgan fingerprint density at radius 3 is 2.47 bits per heavy atom. The first kappa shape index (κ1) is 21.7. The average Bonchev–Trinajstić information content (AvgIpc) is 2.74. The Hall–Kier alpha value is -2.96. The van der Waals surface area contributed by atoms with Gasteiger partial charge in [0.05, 0.1) is 0 Å². The Balaban J connectivity index is 1.83. The topological polar surface area (TPSA) is 93.1 Å². The van der Waals surface area contributed by atoms with Crippen LogP contribution < -0.4 is 16.1 Å². The van der Waals surface area contributed by atoms with Crippen molar-refractivity contribution in [3.63, 3.8) is 0 Å². The predicted octanol–water partition coefficient (Wildman–Crippen LogP) is 2.89. The van der Waals surface area contributed by atoms with Gasteiger partial charge in [0.2, 0.25) is 5.43 Å². The lowest BCUT2D eigenvalue weighted by molar-refractivity contribution is 0.0925. The minimum atomic E-state index is -0.535. The zero-order valence-corrected chi connectivity index (χ0v) is 17.7. The molecule has 1 fully saturated rings. The second-order valence-corrected chi connectivity index (χ2v) is 8.36. The second kappa shape index (κ2) is 10.2. The van der Waals surface area contributed by atoms with E-state index in [2.05, 4.69) is 15.6 Å². The molecule has 0 unspecified atom stereocenters. The van der Waals surface area contributed by atoms with Crippen molar-refractivity contribution in [2.24, 2.45) is 5.92 Å². The molecule has 160 valence electrons. The maximum Gasteiger partial charge on any atom is 0.257 e. The van der Waals surface area contributed by atoms with Gasteiger partial charge in [-0.1, -0.05) is 39.2 Å². The van der Waals surface area contributed by atoms with Crippen molar-refractivity contribution in [3.8, 4) is 0 Å². The first-order valence-corrected chi connectivity index (χ1v) is 10.7. The Labute approximate surface area is 176 Å². The molecule has 2 aromatic rings. The summed E-state index contributed by atoms with van der Waals surface area (Å²) < 4.78 is 1.76. The molecule has 2 N–H and O–H groups in total. The van der Waals surface area contributed by atoms with E-state index in [-0.39, 0.29) is 23.7 Å². The summed E-state index contributed by atoms with van der Waals surface area (Å²) in [7, 11) is 0. The average molecular weight is 411 g/mol. The minimum absolute atomic E-state index is 0.0177. The van der Waals surface area contributed by atoms with Gasteiger partial charge < -0.3 is 15.2 Å². The summed E-state index contributed by atoms with van der Waals surface area (Å²) in [5, 5.41) is 5.75. The summed E-state index contributed by atoms with van der Waals surface area (Å²) in [6.45, 7) is 4.95. The molecule has 1 aliphatic carbocycles. The van der Waals surface area contributed by atoms with Crippen molar-refractivity contribution >= 4 is 11.8 Å². The molecule has 2 amide bonds. The Bertz CT molecular complexity index is 931. The fourth-order valence-electron chi connectivity index (χ4n) is 3.77. The van der Waals surface area contributed by atoms with Crippen LogP contribution >= 0.6 is 0 Å². The maximum atomic E-state index is 13.0. The predicted molar refractivity (Wildman–Crippen MR) is 115 cm³/mol. The molecule has 2 aromatic heterocycles. The Morgan fingerprint density at radius 1 is 1.13 bits per heavy atom. The first-order chi connectivity index (χ1) is 14.4. The molecular formula is C23H30N4O3. The highest BCUT2D eigenvalue weighted by Crippen LogP contribution is 2.17. The molecule has 30 heavy (non-hydrogen) atoms. The van der Waals surface area contributed by atoms with E-state index in [0.717, 1.165) is 31.2 Å². The van der Waals surface area contributed by atoms with Gasteiger partial charge in [-0.3, -0.25) is 19.4 Å². The molecule has 0 bridgehead atoms. The monoisotopic (exact) mass is 410 g/mol. The largest absolute Gasteiger partial charge is 0.352 e. The third kappa shape index (κ3) is 5.78. The molecule has 1 aliphatic rings. The molecule has 3 rings (SSSR count). The van der Waals surface area contributed by atoms with Crippen LogP contribution in [0, 0.1) is 5.92 Å². The Morgan fingerprint density at radius 2 is 1.83 bits per heavy atom.